The zero-order chi connectivity index (χ0) is 13.7. The molecule has 0 aliphatic heterocycles. The van der Waals surface area contributed by atoms with Gasteiger partial charge in [-0.1, -0.05) is 80.6 Å². The van der Waals surface area contributed by atoms with E-state index in [2.05, 4.69) is 55.4 Å². The van der Waals surface area contributed by atoms with E-state index in [9.17, 15) is 0 Å². The summed E-state index contributed by atoms with van der Waals surface area (Å²) in [6, 6.07) is 0. The van der Waals surface area contributed by atoms with Crippen LogP contribution in [0.15, 0.2) is 0 Å². The van der Waals surface area contributed by atoms with E-state index in [1.54, 1.807) is 0 Å². The maximum atomic E-state index is 4.52. The second-order valence-corrected chi connectivity index (χ2v) is 7.60. The summed E-state index contributed by atoms with van der Waals surface area (Å²) in [5, 5.41) is 0. The third-order valence-electron chi connectivity index (χ3n) is 4.39. The van der Waals surface area contributed by atoms with Crippen LogP contribution in [-0.4, -0.2) is 0 Å². The molecular formula is C17H35Y-. The molecule has 0 aromatic heterocycles. The maximum Gasteiger partial charge on any atom is 0 e. The molecule has 0 heterocycles. The van der Waals surface area contributed by atoms with E-state index in [0.29, 0.717) is 10.8 Å². The Morgan fingerprint density at radius 2 is 1.28 bits per heavy atom. The molecule has 0 N–H and O–H groups in total. The molecule has 0 rings (SSSR count). The molecule has 0 aromatic carbocycles. The van der Waals surface area contributed by atoms with Gasteiger partial charge in [0.05, 0.1) is 0 Å². The molecule has 1 heteroatoms. The molecule has 0 saturated heterocycles. The largest absolute Gasteiger partial charge is 0.337 e. The van der Waals surface area contributed by atoms with Crippen molar-refractivity contribution in [1.29, 1.82) is 0 Å². The second-order valence-electron chi connectivity index (χ2n) is 7.60. The molecule has 107 valence electrons. The van der Waals surface area contributed by atoms with Crippen molar-refractivity contribution in [3.8, 4) is 0 Å². The molecule has 0 fully saturated rings. The Labute approximate surface area is 142 Å². The van der Waals surface area contributed by atoms with Crippen LogP contribution < -0.4 is 0 Å². The van der Waals surface area contributed by atoms with Crippen LogP contribution in [0.2, 0.25) is 0 Å². The molecule has 0 aliphatic carbocycles. The van der Waals surface area contributed by atoms with Crippen molar-refractivity contribution in [2.45, 2.75) is 87.0 Å². The Bertz CT molecular complexity index is 212. The van der Waals surface area contributed by atoms with Gasteiger partial charge in [-0.3, -0.25) is 0 Å². The van der Waals surface area contributed by atoms with Crippen molar-refractivity contribution in [2.75, 3.05) is 0 Å². The van der Waals surface area contributed by atoms with E-state index in [1.165, 1.54) is 38.5 Å². The average molecular weight is 328 g/mol. The summed E-state index contributed by atoms with van der Waals surface area (Å²) in [6.45, 7) is 21.0. The maximum absolute atomic E-state index is 4.52. The zero-order valence-corrected chi connectivity index (χ0v) is 16.9. The van der Waals surface area contributed by atoms with Crippen LogP contribution in [0.5, 0.6) is 0 Å². The fourth-order valence-electron chi connectivity index (χ4n) is 3.51. The quantitative estimate of drug-likeness (QED) is 0.461. The molecule has 0 aliphatic rings. The topological polar surface area (TPSA) is 0 Å². The van der Waals surface area contributed by atoms with Crippen molar-refractivity contribution in [2.24, 2.45) is 16.2 Å². The van der Waals surface area contributed by atoms with Crippen LogP contribution >= 0.6 is 0 Å². The van der Waals surface area contributed by atoms with Crippen molar-refractivity contribution < 1.29 is 32.7 Å². The van der Waals surface area contributed by atoms with E-state index in [1.807, 2.05) is 0 Å². The minimum absolute atomic E-state index is 0. The molecule has 1 atom stereocenters. The molecule has 18 heavy (non-hydrogen) atoms. The molecule has 0 bridgehead atoms. The zero-order valence-electron chi connectivity index (χ0n) is 14.0. The van der Waals surface area contributed by atoms with Gasteiger partial charge >= 0.3 is 0 Å². The third kappa shape index (κ3) is 8.31. The predicted octanol–water partition coefficient (Wildman–Crippen LogP) is 6.26. The van der Waals surface area contributed by atoms with Gasteiger partial charge in [0.15, 0.2) is 0 Å². The first-order valence-electron chi connectivity index (χ1n) is 7.45. The van der Waals surface area contributed by atoms with E-state index in [4.69, 9.17) is 0 Å². The Morgan fingerprint density at radius 1 is 0.833 bits per heavy atom. The Balaban J connectivity index is 0. The molecule has 0 nitrogen and oxygen atoms in total. The minimum atomic E-state index is 0. The SMILES string of the molecule is [CH2-]C(C)(CC(C)(C)CCC)CC(C)(CC)CC.[Y]. The first kappa shape index (κ1) is 21.4. The smallest absolute Gasteiger partial charge is 0 e. The molecule has 0 spiro atoms. The minimum Gasteiger partial charge on any atom is -0.337 e. The summed E-state index contributed by atoms with van der Waals surface area (Å²) < 4.78 is 0. The molecule has 0 saturated carbocycles. The van der Waals surface area contributed by atoms with Crippen LogP contribution in [-0.2, 0) is 32.7 Å². The van der Waals surface area contributed by atoms with Gasteiger partial charge in [-0.25, -0.2) is 0 Å². The second kappa shape index (κ2) is 8.40. The molecule has 0 aromatic rings. The molecular weight excluding hydrogens is 293 g/mol. The summed E-state index contributed by atoms with van der Waals surface area (Å²) in [5.41, 5.74) is 1.13. The van der Waals surface area contributed by atoms with Gasteiger partial charge in [0.25, 0.3) is 0 Å². The van der Waals surface area contributed by atoms with E-state index < -0.39 is 0 Å². The first-order valence-corrected chi connectivity index (χ1v) is 7.45. The Hall–Kier alpha value is 1.10. The van der Waals surface area contributed by atoms with Crippen LogP contribution in [0.25, 0.3) is 0 Å². The van der Waals surface area contributed by atoms with Gasteiger partial charge in [-0.15, -0.1) is 0 Å². The fourth-order valence-corrected chi connectivity index (χ4v) is 3.51. The van der Waals surface area contributed by atoms with Gasteiger partial charge in [0, 0.05) is 32.7 Å². The van der Waals surface area contributed by atoms with Crippen LogP contribution in [0.4, 0.5) is 0 Å². The van der Waals surface area contributed by atoms with E-state index in [-0.39, 0.29) is 38.1 Å². The van der Waals surface area contributed by atoms with Gasteiger partial charge in [-0.05, 0) is 17.3 Å². The van der Waals surface area contributed by atoms with Gasteiger partial charge in [0.2, 0.25) is 0 Å². The predicted molar refractivity (Wildman–Crippen MR) is 80.1 cm³/mol. The van der Waals surface area contributed by atoms with Gasteiger partial charge in [0.1, 0.15) is 0 Å². The summed E-state index contributed by atoms with van der Waals surface area (Å²) in [7, 11) is 0. The number of hydrogen-bond acceptors (Lipinski definition) is 0. The van der Waals surface area contributed by atoms with E-state index >= 15 is 0 Å². The summed E-state index contributed by atoms with van der Waals surface area (Å²) in [6.07, 6.45) is 7.62. The van der Waals surface area contributed by atoms with Crippen molar-refractivity contribution in [3.05, 3.63) is 6.92 Å². The Kier molecular flexibility index (Phi) is 9.99. The number of hydrogen-bond donors (Lipinski definition) is 0. The normalized spacial score (nSPS) is 16.0. The van der Waals surface area contributed by atoms with Crippen molar-refractivity contribution >= 4 is 0 Å². The van der Waals surface area contributed by atoms with Gasteiger partial charge in [-0.2, -0.15) is 5.41 Å². The van der Waals surface area contributed by atoms with Gasteiger partial charge < -0.3 is 6.92 Å². The third-order valence-corrected chi connectivity index (χ3v) is 4.39. The molecule has 1 unspecified atom stereocenters. The van der Waals surface area contributed by atoms with Crippen LogP contribution in [0, 0.1) is 23.2 Å². The Morgan fingerprint density at radius 3 is 1.61 bits per heavy atom. The monoisotopic (exact) mass is 328 g/mol. The van der Waals surface area contributed by atoms with Crippen LogP contribution in [0.3, 0.4) is 0 Å². The standard InChI is InChI=1S/C17H35.Y/c1-9-12-15(4,5)13-16(6,7)14-17(8,10-2)11-3;/h6,9-14H2,1-5,7-8H3;/q-1;. The molecule has 1 radical (unpaired) electrons. The van der Waals surface area contributed by atoms with Crippen molar-refractivity contribution in [1.82, 2.24) is 0 Å². The number of rotatable bonds is 8. The van der Waals surface area contributed by atoms with Crippen LogP contribution in [0.1, 0.15) is 87.0 Å². The molecule has 0 amide bonds. The average Bonchev–Trinajstić information content (AvgIpc) is 2.14. The summed E-state index contributed by atoms with van der Waals surface area (Å²) in [4.78, 5) is 0. The fraction of sp³-hybridized carbons (Fsp3) is 0.941. The van der Waals surface area contributed by atoms with Crippen molar-refractivity contribution in [3.63, 3.8) is 0 Å². The van der Waals surface area contributed by atoms with E-state index in [0.717, 1.165) is 0 Å². The summed E-state index contributed by atoms with van der Waals surface area (Å²) in [5.74, 6) is 0. The first-order chi connectivity index (χ1) is 7.60. The summed E-state index contributed by atoms with van der Waals surface area (Å²) >= 11 is 0.